The molecule has 1 atom stereocenters. The third-order valence-corrected chi connectivity index (χ3v) is 3.13. The molecule has 1 fully saturated rings. The van der Waals surface area contributed by atoms with Crippen LogP contribution in [-0.2, 0) is 4.74 Å². The summed E-state index contributed by atoms with van der Waals surface area (Å²) in [7, 11) is 1.77. The van der Waals surface area contributed by atoms with Crippen molar-refractivity contribution in [2.45, 2.75) is 6.42 Å². The first-order valence-electron chi connectivity index (χ1n) is 6.60. The van der Waals surface area contributed by atoms with E-state index in [-0.39, 0.29) is 0 Å². The minimum Gasteiger partial charge on any atom is -0.381 e. The normalized spacial score (nSPS) is 18.1. The number of aromatic nitrogens is 5. The van der Waals surface area contributed by atoms with Gasteiger partial charge in [-0.15, -0.1) is 0 Å². The molecule has 1 unspecified atom stereocenters. The fraction of sp³-hybridized carbons (Fsp3) is 0.500. The molecule has 8 heteroatoms. The van der Waals surface area contributed by atoms with Crippen LogP contribution < -0.4 is 10.6 Å². The lowest BCUT2D eigenvalue weighted by molar-refractivity contribution is 0.187. The van der Waals surface area contributed by atoms with E-state index in [9.17, 15) is 0 Å². The number of nitrogens with zero attached hydrogens (tertiary/aromatic N) is 5. The quantitative estimate of drug-likeness (QED) is 0.823. The number of rotatable bonds is 5. The molecule has 2 aromatic rings. The molecular weight excluding hydrogens is 258 g/mol. The van der Waals surface area contributed by atoms with Crippen LogP contribution in [0, 0.1) is 5.92 Å². The van der Waals surface area contributed by atoms with Gasteiger partial charge in [-0.3, -0.25) is 0 Å². The molecule has 2 N–H and O–H groups in total. The maximum absolute atomic E-state index is 5.35. The summed E-state index contributed by atoms with van der Waals surface area (Å²) in [5.74, 6) is 2.05. The zero-order valence-electron chi connectivity index (χ0n) is 11.3. The van der Waals surface area contributed by atoms with E-state index >= 15 is 0 Å². The lowest BCUT2D eigenvalue weighted by Gasteiger charge is -2.11. The average molecular weight is 275 g/mol. The molecule has 106 valence electrons. The first-order chi connectivity index (χ1) is 9.85. The Kier molecular flexibility index (Phi) is 3.73. The van der Waals surface area contributed by atoms with Crippen LogP contribution in [0.15, 0.2) is 18.5 Å². The lowest BCUT2D eigenvalue weighted by atomic mass is 10.1. The van der Waals surface area contributed by atoms with Crippen molar-refractivity contribution in [3.8, 4) is 5.95 Å². The van der Waals surface area contributed by atoms with Gasteiger partial charge in [0.05, 0.1) is 6.61 Å². The number of hydrogen-bond acceptors (Lipinski definition) is 7. The third kappa shape index (κ3) is 2.85. The molecule has 3 rings (SSSR count). The number of ether oxygens (including phenoxy) is 1. The summed E-state index contributed by atoms with van der Waals surface area (Å²) in [6.45, 7) is 2.43. The summed E-state index contributed by atoms with van der Waals surface area (Å²) in [4.78, 5) is 12.9. The van der Waals surface area contributed by atoms with Gasteiger partial charge in [-0.2, -0.15) is 20.1 Å². The van der Waals surface area contributed by atoms with Crippen molar-refractivity contribution in [1.29, 1.82) is 0 Å². The second-order valence-electron chi connectivity index (χ2n) is 4.59. The highest BCUT2D eigenvalue weighted by Crippen LogP contribution is 2.14. The standard InChI is InChI=1S/C12H17N7O/c1-13-10-16-11(14-7-9-3-6-20-8-9)18-12(17-10)19-5-2-4-15-19/h2,4-5,9H,3,6-8H2,1H3,(H2,13,14,16,17,18). The summed E-state index contributed by atoms with van der Waals surface area (Å²) >= 11 is 0. The van der Waals surface area contributed by atoms with E-state index in [1.165, 1.54) is 0 Å². The predicted octanol–water partition coefficient (Wildman–Crippen LogP) is 0.547. The summed E-state index contributed by atoms with van der Waals surface area (Å²) in [5, 5.41) is 10.3. The molecule has 8 nitrogen and oxygen atoms in total. The molecule has 1 aliphatic heterocycles. The Morgan fingerprint density at radius 3 is 2.95 bits per heavy atom. The van der Waals surface area contributed by atoms with Gasteiger partial charge in [0.1, 0.15) is 0 Å². The average Bonchev–Trinajstić information content (AvgIpc) is 3.17. The monoisotopic (exact) mass is 275 g/mol. The molecule has 0 bridgehead atoms. The van der Waals surface area contributed by atoms with Crippen LogP contribution in [0.4, 0.5) is 11.9 Å². The summed E-state index contributed by atoms with van der Waals surface area (Å²) in [6.07, 6.45) is 4.55. The van der Waals surface area contributed by atoms with E-state index in [4.69, 9.17) is 4.74 Å². The van der Waals surface area contributed by atoms with Gasteiger partial charge in [-0.05, 0) is 12.5 Å². The van der Waals surface area contributed by atoms with Crippen molar-refractivity contribution in [2.75, 3.05) is 37.4 Å². The Hall–Kier alpha value is -2.22. The molecule has 20 heavy (non-hydrogen) atoms. The predicted molar refractivity (Wildman–Crippen MR) is 73.9 cm³/mol. The van der Waals surface area contributed by atoms with Gasteiger partial charge < -0.3 is 15.4 Å². The lowest BCUT2D eigenvalue weighted by Crippen LogP contribution is -2.17. The maximum atomic E-state index is 5.35. The van der Waals surface area contributed by atoms with Gasteiger partial charge >= 0.3 is 0 Å². The van der Waals surface area contributed by atoms with E-state index in [2.05, 4.69) is 30.7 Å². The van der Waals surface area contributed by atoms with Gasteiger partial charge in [0, 0.05) is 38.5 Å². The number of anilines is 2. The van der Waals surface area contributed by atoms with E-state index in [0.29, 0.717) is 23.8 Å². The number of hydrogen-bond donors (Lipinski definition) is 2. The van der Waals surface area contributed by atoms with Crippen molar-refractivity contribution < 1.29 is 4.74 Å². The van der Waals surface area contributed by atoms with Crippen LogP contribution >= 0.6 is 0 Å². The Balaban J connectivity index is 1.77. The van der Waals surface area contributed by atoms with E-state index in [1.807, 2.05) is 6.07 Å². The Morgan fingerprint density at radius 2 is 2.25 bits per heavy atom. The Morgan fingerprint density at radius 1 is 1.35 bits per heavy atom. The van der Waals surface area contributed by atoms with Gasteiger partial charge in [-0.25, -0.2) is 4.68 Å². The molecule has 0 spiro atoms. The highest BCUT2D eigenvalue weighted by Gasteiger charge is 2.16. The van der Waals surface area contributed by atoms with Gasteiger partial charge in [0.2, 0.25) is 11.9 Å². The summed E-state index contributed by atoms with van der Waals surface area (Å²) < 4.78 is 6.96. The molecule has 3 heterocycles. The van der Waals surface area contributed by atoms with Gasteiger partial charge in [-0.1, -0.05) is 0 Å². The van der Waals surface area contributed by atoms with Crippen LogP contribution in [0.5, 0.6) is 0 Å². The summed E-state index contributed by atoms with van der Waals surface area (Å²) in [5.41, 5.74) is 0. The maximum Gasteiger partial charge on any atom is 0.257 e. The molecule has 0 radical (unpaired) electrons. The van der Waals surface area contributed by atoms with Gasteiger partial charge in [0.25, 0.3) is 5.95 Å². The Bertz CT molecular complexity index is 551. The highest BCUT2D eigenvalue weighted by molar-refractivity contribution is 5.37. The van der Waals surface area contributed by atoms with Gasteiger partial charge in [0.15, 0.2) is 0 Å². The molecular formula is C12H17N7O. The van der Waals surface area contributed by atoms with Crippen LogP contribution in [0.25, 0.3) is 5.95 Å². The van der Waals surface area contributed by atoms with Crippen molar-refractivity contribution in [1.82, 2.24) is 24.7 Å². The van der Waals surface area contributed by atoms with E-state index < -0.39 is 0 Å². The number of nitrogens with one attached hydrogen (secondary N) is 2. The fourth-order valence-electron chi connectivity index (χ4n) is 2.03. The second-order valence-corrected chi connectivity index (χ2v) is 4.59. The van der Waals surface area contributed by atoms with Crippen LogP contribution in [0.2, 0.25) is 0 Å². The zero-order chi connectivity index (χ0) is 13.8. The summed E-state index contributed by atoms with van der Waals surface area (Å²) in [6, 6.07) is 1.83. The van der Waals surface area contributed by atoms with Crippen molar-refractivity contribution in [2.24, 2.45) is 5.92 Å². The third-order valence-electron chi connectivity index (χ3n) is 3.13. The Labute approximate surface area is 116 Å². The van der Waals surface area contributed by atoms with E-state index in [1.54, 1.807) is 24.1 Å². The smallest absolute Gasteiger partial charge is 0.257 e. The first-order valence-corrected chi connectivity index (χ1v) is 6.60. The first kappa shape index (κ1) is 12.8. The van der Waals surface area contributed by atoms with Crippen LogP contribution in [-0.4, -0.2) is 51.5 Å². The van der Waals surface area contributed by atoms with E-state index in [0.717, 1.165) is 26.2 Å². The van der Waals surface area contributed by atoms with Crippen molar-refractivity contribution in [3.05, 3.63) is 18.5 Å². The molecule has 0 amide bonds. The molecule has 0 saturated carbocycles. The minimum absolute atomic E-state index is 0.486. The minimum atomic E-state index is 0.486. The molecule has 1 saturated heterocycles. The van der Waals surface area contributed by atoms with Crippen LogP contribution in [0.3, 0.4) is 0 Å². The highest BCUT2D eigenvalue weighted by atomic mass is 16.5. The molecule has 0 aromatic carbocycles. The topological polar surface area (TPSA) is 89.8 Å². The second kappa shape index (κ2) is 5.83. The largest absolute Gasteiger partial charge is 0.381 e. The molecule has 0 aliphatic carbocycles. The zero-order valence-corrected chi connectivity index (χ0v) is 11.3. The van der Waals surface area contributed by atoms with Crippen LogP contribution in [0.1, 0.15) is 6.42 Å². The SMILES string of the molecule is CNc1nc(NCC2CCOC2)nc(-n2cccn2)n1. The fourth-order valence-corrected chi connectivity index (χ4v) is 2.03. The van der Waals surface area contributed by atoms with Crippen molar-refractivity contribution in [3.63, 3.8) is 0 Å². The molecule has 2 aromatic heterocycles. The van der Waals surface area contributed by atoms with Crippen molar-refractivity contribution >= 4 is 11.9 Å². The molecule has 1 aliphatic rings.